The summed E-state index contributed by atoms with van der Waals surface area (Å²) in [5.41, 5.74) is 2.27. The molecule has 2 heteroatoms. The highest BCUT2D eigenvalue weighted by atomic mass is 16.6. The van der Waals surface area contributed by atoms with E-state index in [1.54, 1.807) is 0 Å². The molecule has 1 heterocycles. The molecule has 1 unspecified atom stereocenters. The fourth-order valence-electron chi connectivity index (χ4n) is 1.65. The van der Waals surface area contributed by atoms with Crippen LogP contribution in [0.25, 0.3) is 0 Å². The van der Waals surface area contributed by atoms with Gasteiger partial charge in [0.25, 0.3) is 0 Å². The van der Waals surface area contributed by atoms with Gasteiger partial charge in [0, 0.05) is 13.0 Å². The summed E-state index contributed by atoms with van der Waals surface area (Å²) in [6.07, 6.45) is 0.705. The minimum absolute atomic E-state index is 0.166. The van der Waals surface area contributed by atoms with Crippen LogP contribution in [0.1, 0.15) is 17.5 Å². The fraction of sp³-hybridized carbons (Fsp3) is 0.455. The van der Waals surface area contributed by atoms with E-state index < -0.39 is 0 Å². The first-order chi connectivity index (χ1) is 6.27. The third kappa shape index (κ3) is 1.60. The molecule has 0 spiro atoms. The molecule has 0 saturated carbocycles. The van der Waals surface area contributed by atoms with E-state index in [9.17, 15) is 0 Å². The molecule has 2 nitrogen and oxygen atoms in total. The Labute approximate surface area is 78.2 Å². The lowest BCUT2D eigenvalue weighted by atomic mass is 9.95. The number of epoxide rings is 1. The molecule has 1 aliphatic rings. The minimum atomic E-state index is -0.166. The van der Waals surface area contributed by atoms with Gasteiger partial charge >= 0.3 is 0 Å². The van der Waals surface area contributed by atoms with Crippen LogP contribution in [0.15, 0.2) is 24.3 Å². The highest BCUT2D eigenvalue weighted by molar-refractivity contribution is 5.30. The van der Waals surface area contributed by atoms with Crippen LogP contribution in [0.5, 0.6) is 0 Å². The molecule has 1 atom stereocenters. The lowest BCUT2D eigenvalue weighted by molar-refractivity contribution is 0.214. The Morgan fingerprint density at radius 1 is 1.54 bits per heavy atom. The number of benzene rings is 1. The van der Waals surface area contributed by atoms with Crippen molar-refractivity contribution >= 4 is 0 Å². The van der Waals surface area contributed by atoms with Crippen LogP contribution in [0.2, 0.25) is 0 Å². The Balaban J connectivity index is 2.25. The Morgan fingerprint density at radius 2 is 2.31 bits per heavy atom. The third-order valence-electron chi connectivity index (χ3n) is 2.55. The summed E-state index contributed by atoms with van der Waals surface area (Å²) >= 11 is 0. The van der Waals surface area contributed by atoms with Gasteiger partial charge in [-0.1, -0.05) is 29.8 Å². The molecule has 2 rings (SSSR count). The second-order valence-corrected chi connectivity index (χ2v) is 3.63. The standard InChI is InChI=1S/C11H14O2/c1-9-3-2-4-10(7-9)11(5-6-12)8-13-11/h2-4,7,12H,5-6,8H2,1H3. The normalized spacial score (nSPS) is 26.0. The van der Waals surface area contributed by atoms with Gasteiger partial charge in [0.2, 0.25) is 0 Å². The van der Waals surface area contributed by atoms with Crippen molar-refractivity contribution in [3.8, 4) is 0 Å². The van der Waals surface area contributed by atoms with Gasteiger partial charge in [0.1, 0.15) is 5.60 Å². The molecule has 1 aliphatic heterocycles. The predicted molar refractivity (Wildman–Crippen MR) is 50.5 cm³/mol. The van der Waals surface area contributed by atoms with Crippen LogP contribution in [-0.4, -0.2) is 18.3 Å². The number of hydrogen-bond acceptors (Lipinski definition) is 2. The molecule has 1 aromatic carbocycles. The van der Waals surface area contributed by atoms with Gasteiger partial charge in [0.15, 0.2) is 0 Å². The molecule has 0 bridgehead atoms. The second kappa shape index (κ2) is 3.13. The van der Waals surface area contributed by atoms with Gasteiger partial charge < -0.3 is 9.84 Å². The molecule has 0 amide bonds. The summed E-state index contributed by atoms with van der Waals surface area (Å²) in [4.78, 5) is 0. The second-order valence-electron chi connectivity index (χ2n) is 3.63. The van der Waals surface area contributed by atoms with Crippen molar-refractivity contribution in [1.29, 1.82) is 0 Å². The number of rotatable bonds is 3. The van der Waals surface area contributed by atoms with Crippen LogP contribution in [0, 0.1) is 6.92 Å². The Morgan fingerprint density at radius 3 is 2.85 bits per heavy atom. The first-order valence-corrected chi connectivity index (χ1v) is 4.59. The molecule has 0 radical (unpaired) electrons. The predicted octanol–water partition coefficient (Wildman–Crippen LogP) is 1.60. The highest BCUT2D eigenvalue weighted by Gasteiger charge is 2.45. The van der Waals surface area contributed by atoms with E-state index in [-0.39, 0.29) is 12.2 Å². The molecule has 0 aromatic heterocycles. The van der Waals surface area contributed by atoms with E-state index in [0.29, 0.717) is 6.42 Å². The van der Waals surface area contributed by atoms with Crippen LogP contribution >= 0.6 is 0 Å². The van der Waals surface area contributed by atoms with Crippen molar-refractivity contribution in [2.45, 2.75) is 18.9 Å². The molecule has 1 saturated heterocycles. The number of ether oxygens (including phenoxy) is 1. The number of aliphatic hydroxyl groups excluding tert-OH is 1. The number of aliphatic hydroxyl groups is 1. The lowest BCUT2D eigenvalue weighted by Gasteiger charge is -2.10. The van der Waals surface area contributed by atoms with Crippen LogP contribution in [-0.2, 0) is 10.3 Å². The Hall–Kier alpha value is -0.860. The van der Waals surface area contributed by atoms with Crippen molar-refractivity contribution in [1.82, 2.24) is 0 Å². The van der Waals surface area contributed by atoms with Gasteiger partial charge in [-0.15, -0.1) is 0 Å². The van der Waals surface area contributed by atoms with E-state index in [1.807, 2.05) is 6.07 Å². The summed E-state index contributed by atoms with van der Waals surface area (Å²) in [7, 11) is 0. The minimum Gasteiger partial charge on any atom is -0.396 e. The van der Waals surface area contributed by atoms with Crippen LogP contribution in [0.4, 0.5) is 0 Å². The topological polar surface area (TPSA) is 32.8 Å². The summed E-state index contributed by atoms with van der Waals surface area (Å²) in [5.74, 6) is 0. The largest absolute Gasteiger partial charge is 0.396 e. The highest BCUT2D eigenvalue weighted by Crippen LogP contribution is 2.41. The van der Waals surface area contributed by atoms with E-state index in [1.165, 1.54) is 11.1 Å². The van der Waals surface area contributed by atoms with E-state index in [2.05, 4.69) is 25.1 Å². The third-order valence-corrected chi connectivity index (χ3v) is 2.55. The Bertz CT molecular complexity index is 303. The molecule has 70 valence electrons. The molecule has 1 aromatic rings. The van der Waals surface area contributed by atoms with Crippen molar-refractivity contribution in [3.05, 3.63) is 35.4 Å². The van der Waals surface area contributed by atoms with Crippen molar-refractivity contribution in [2.24, 2.45) is 0 Å². The first-order valence-electron chi connectivity index (χ1n) is 4.59. The molecule has 13 heavy (non-hydrogen) atoms. The maximum absolute atomic E-state index is 8.89. The quantitative estimate of drug-likeness (QED) is 0.713. The summed E-state index contributed by atoms with van der Waals surface area (Å²) in [6, 6.07) is 8.29. The van der Waals surface area contributed by atoms with Gasteiger partial charge in [-0.05, 0) is 12.5 Å². The SMILES string of the molecule is Cc1cccc(C2(CCO)CO2)c1. The maximum atomic E-state index is 8.89. The molecule has 1 fully saturated rings. The number of aryl methyl sites for hydroxylation is 1. The van der Waals surface area contributed by atoms with Crippen molar-refractivity contribution < 1.29 is 9.84 Å². The van der Waals surface area contributed by atoms with E-state index >= 15 is 0 Å². The average molecular weight is 178 g/mol. The first kappa shape index (κ1) is 8.73. The van der Waals surface area contributed by atoms with Gasteiger partial charge in [-0.3, -0.25) is 0 Å². The summed E-state index contributed by atoms with van der Waals surface area (Å²) in [6.45, 7) is 3.00. The van der Waals surface area contributed by atoms with Crippen LogP contribution < -0.4 is 0 Å². The monoisotopic (exact) mass is 178 g/mol. The zero-order valence-corrected chi connectivity index (χ0v) is 7.79. The van der Waals surface area contributed by atoms with Crippen molar-refractivity contribution in [3.63, 3.8) is 0 Å². The van der Waals surface area contributed by atoms with Crippen LogP contribution in [0.3, 0.4) is 0 Å². The lowest BCUT2D eigenvalue weighted by Crippen LogP contribution is -2.10. The number of hydrogen-bond donors (Lipinski definition) is 1. The zero-order valence-electron chi connectivity index (χ0n) is 7.79. The average Bonchev–Trinajstić information content (AvgIpc) is 2.86. The molecule has 1 N–H and O–H groups in total. The summed E-state index contributed by atoms with van der Waals surface area (Å²) in [5, 5.41) is 8.89. The smallest absolute Gasteiger partial charge is 0.119 e. The molecule has 0 aliphatic carbocycles. The molecular weight excluding hydrogens is 164 g/mol. The molecular formula is C11H14O2. The van der Waals surface area contributed by atoms with Gasteiger partial charge in [0.05, 0.1) is 6.61 Å². The van der Waals surface area contributed by atoms with E-state index in [4.69, 9.17) is 9.84 Å². The zero-order chi connectivity index (χ0) is 9.31. The van der Waals surface area contributed by atoms with Gasteiger partial charge in [-0.2, -0.15) is 0 Å². The fourth-order valence-corrected chi connectivity index (χ4v) is 1.65. The summed E-state index contributed by atoms with van der Waals surface area (Å²) < 4.78 is 5.42. The Kier molecular flexibility index (Phi) is 2.10. The van der Waals surface area contributed by atoms with Crippen molar-refractivity contribution in [2.75, 3.05) is 13.2 Å². The van der Waals surface area contributed by atoms with Gasteiger partial charge in [-0.25, -0.2) is 0 Å². The maximum Gasteiger partial charge on any atom is 0.119 e. The van der Waals surface area contributed by atoms with E-state index in [0.717, 1.165) is 6.61 Å².